The predicted octanol–water partition coefficient (Wildman–Crippen LogP) is 5.57. The molecule has 2 rings (SSSR count). The van der Waals surface area contributed by atoms with Gasteiger partial charge in [-0.3, -0.25) is 4.79 Å². The van der Waals surface area contributed by atoms with E-state index in [1.54, 1.807) is 12.1 Å². The molecule has 0 unspecified atom stereocenters. The standard InChI is InChI=1S/C20H24ClNO2/c1-5-19(24-15-10-11-17(21)14(4)12-15)20(23)22-18-9-7-6-8-16(18)13(2)3/h6-13,19H,5H2,1-4H3,(H,22,23)/t19-/m1/s1. The molecule has 128 valence electrons. The summed E-state index contributed by atoms with van der Waals surface area (Å²) in [5.41, 5.74) is 2.88. The van der Waals surface area contributed by atoms with Gasteiger partial charge < -0.3 is 10.1 Å². The minimum atomic E-state index is -0.550. The number of halogens is 1. The third-order valence-electron chi connectivity index (χ3n) is 3.91. The molecule has 0 spiro atoms. The number of benzene rings is 2. The maximum absolute atomic E-state index is 12.6. The number of anilines is 1. The fourth-order valence-corrected chi connectivity index (χ4v) is 2.62. The predicted molar refractivity (Wildman–Crippen MR) is 100 cm³/mol. The van der Waals surface area contributed by atoms with Crippen molar-refractivity contribution >= 4 is 23.2 Å². The van der Waals surface area contributed by atoms with E-state index in [1.165, 1.54) is 0 Å². The Morgan fingerprint density at radius 1 is 1.21 bits per heavy atom. The SMILES string of the molecule is CC[C@@H](Oc1ccc(Cl)c(C)c1)C(=O)Nc1ccccc1C(C)C. The van der Waals surface area contributed by atoms with E-state index in [4.69, 9.17) is 16.3 Å². The van der Waals surface area contributed by atoms with Crippen LogP contribution in [-0.2, 0) is 4.79 Å². The zero-order valence-electron chi connectivity index (χ0n) is 14.6. The monoisotopic (exact) mass is 345 g/mol. The second kappa shape index (κ2) is 8.20. The van der Waals surface area contributed by atoms with E-state index >= 15 is 0 Å². The molecule has 2 aromatic rings. The number of rotatable bonds is 6. The molecule has 0 aromatic heterocycles. The first-order valence-electron chi connectivity index (χ1n) is 8.25. The minimum Gasteiger partial charge on any atom is -0.481 e. The zero-order chi connectivity index (χ0) is 17.7. The number of hydrogen-bond acceptors (Lipinski definition) is 2. The number of nitrogens with one attached hydrogen (secondary N) is 1. The Balaban J connectivity index is 2.13. The van der Waals surface area contributed by atoms with Crippen LogP contribution in [0.15, 0.2) is 42.5 Å². The summed E-state index contributed by atoms with van der Waals surface area (Å²) in [6, 6.07) is 13.3. The normalized spacial score (nSPS) is 12.1. The van der Waals surface area contributed by atoms with Crippen LogP contribution < -0.4 is 10.1 Å². The average Bonchev–Trinajstić information content (AvgIpc) is 2.56. The first kappa shape index (κ1) is 18.3. The molecule has 1 N–H and O–H groups in total. The molecule has 0 saturated heterocycles. The molecule has 2 aromatic carbocycles. The lowest BCUT2D eigenvalue weighted by Gasteiger charge is -2.20. The maximum atomic E-state index is 12.6. The van der Waals surface area contributed by atoms with Gasteiger partial charge in [0.15, 0.2) is 6.10 Å². The molecule has 24 heavy (non-hydrogen) atoms. The molecule has 3 nitrogen and oxygen atoms in total. The summed E-state index contributed by atoms with van der Waals surface area (Å²) in [6.45, 7) is 8.06. The molecule has 0 heterocycles. The minimum absolute atomic E-state index is 0.141. The van der Waals surface area contributed by atoms with Crippen LogP contribution in [0.1, 0.15) is 44.2 Å². The van der Waals surface area contributed by atoms with E-state index in [1.807, 2.05) is 44.2 Å². The van der Waals surface area contributed by atoms with Crippen molar-refractivity contribution < 1.29 is 9.53 Å². The van der Waals surface area contributed by atoms with Crippen molar-refractivity contribution in [1.82, 2.24) is 0 Å². The van der Waals surface area contributed by atoms with Gasteiger partial charge in [-0.2, -0.15) is 0 Å². The van der Waals surface area contributed by atoms with E-state index in [-0.39, 0.29) is 5.91 Å². The van der Waals surface area contributed by atoms with Gasteiger partial charge in [-0.15, -0.1) is 0 Å². The molecule has 0 bridgehead atoms. The molecular formula is C20H24ClNO2. The molecule has 0 fully saturated rings. The molecule has 0 aliphatic heterocycles. The Bertz CT molecular complexity index is 713. The first-order chi connectivity index (χ1) is 11.4. The van der Waals surface area contributed by atoms with E-state index in [0.717, 1.165) is 16.8 Å². The number of para-hydroxylation sites is 1. The van der Waals surface area contributed by atoms with Gasteiger partial charge in [0.1, 0.15) is 5.75 Å². The first-order valence-corrected chi connectivity index (χ1v) is 8.62. The van der Waals surface area contributed by atoms with Crippen LogP contribution in [0.5, 0.6) is 5.75 Å². The second-order valence-corrected chi connectivity index (χ2v) is 6.56. The van der Waals surface area contributed by atoms with Gasteiger partial charge in [0.05, 0.1) is 0 Å². The van der Waals surface area contributed by atoms with Gasteiger partial charge in [0, 0.05) is 10.7 Å². The van der Waals surface area contributed by atoms with Gasteiger partial charge in [-0.25, -0.2) is 0 Å². The molecule has 1 amide bonds. The van der Waals surface area contributed by atoms with Crippen LogP contribution in [0.3, 0.4) is 0 Å². The Morgan fingerprint density at radius 2 is 1.92 bits per heavy atom. The van der Waals surface area contributed by atoms with Gasteiger partial charge in [-0.1, -0.05) is 50.6 Å². The molecule has 1 atom stereocenters. The fourth-order valence-electron chi connectivity index (χ4n) is 2.50. The smallest absolute Gasteiger partial charge is 0.265 e. The van der Waals surface area contributed by atoms with Gasteiger partial charge in [0.25, 0.3) is 5.91 Å². The summed E-state index contributed by atoms with van der Waals surface area (Å²) in [5, 5.41) is 3.68. The van der Waals surface area contributed by atoms with Crippen LogP contribution in [0.2, 0.25) is 5.02 Å². The summed E-state index contributed by atoms with van der Waals surface area (Å²) in [4.78, 5) is 12.6. The Morgan fingerprint density at radius 3 is 2.54 bits per heavy atom. The van der Waals surface area contributed by atoms with Crippen LogP contribution >= 0.6 is 11.6 Å². The number of amides is 1. The van der Waals surface area contributed by atoms with E-state index in [2.05, 4.69) is 19.2 Å². The van der Waals surface area contributed by atoms with Crippen LogP contribution in [0, 0.1) is 6.92 Å². The molecule has 4 heteroatoms. The van der Waals surface area contributed by atoms with Crippen LogP contribution in [-0.4, -0.2) is 12.0 Å². The number of carbonyl (C=O) groups excluding carboxylic acids is 1. The molecular weight excluding hydrogens is 322 g/mol. The Labute approximate surface area is 149 Å². The zero-order valence-corrected chi connectivity index (χ0v) is 15.4. The lowest BCUT2D eigenvalue weighted by atomic mass is 10.0. The van der Waals surface area contributed by atoms with E-state index in [9.17, 15) is 4.79 Å². The second-order valence-electron chi connectivity index (χ2n) is 6.16. The largest absolute Gasteiger partial charge is 0.481 e. The Kier molecular flexibility index (Phi) is 6.27. The lowest BCUT2D eigenvalue weighted by Crippen LogP contribution is -2.32. The topological polar surface area (TPSA) is 38.3 Å². The number of carbonyl (C=O) groups is 1. The fraction of sp³-hybridized carbons (Fsp3) is 0.350. The van der Waals surface area contributed by atoms with Crippen molar-refractivity contribution in [2.75, 3.05) is 5.32 Å². The highest BCUT2D eigenvalue weighted by Gasteiger charge is 2.20. The van der Waals surface area contributed by atoms with E-state index in [0.29, 0.717) is 23.1 Å². The number of aryl methyl sites for hydroxylation is 1. The lowest BCUT2D eigenvalue weighted by molar-refractivity contribution is -0.122. The van der Waals surface area contributed by atoms with Crippen molar-refractivity contribution in [3.8, 4) is 5.75 Å². The van der Waals surface area contributed by atoms with Crippen molar-refractivity contribution in [2.24, 2.45) is 0 Å². The molecule has 0 radical (unpaired) electrons. The summed E-state index contributed by atoms with van der Waals surface area (Å²) >= 11 is 6.03. The maximum Gasteiger partial charge on any atom is 0.265 e. The highest BCUT2D eigenvalue weighted by atomic mass is 35.5. The van der Waals surface area contributed by atoms with Crippen molar-refractivity contribution in [2.45, 2.75) is 46.1 Å². The summed E-state index contributed by atoms with van der Waals surface area (Å²) < 4.78 is 5.86. The Hall–Kier alpha value is -2.00. The molecule has 0 aliphatic carbocycles. The van der Waals surface area contributed by atoms with Crippen molar-refractivity contribution in [3.05, 3.63) is 58.6 Å². The molecule has 0 aliphatic rings. The van der Waals surface area contributed by atoms with Gasteiger partial charge in [-0.05, 0) is 54.7 Å². The average molecular weight is 346 g/mol. The highest BCUT2D eigenvalue weighted by Crippen LogP contribution is 2.25. The van der Waals surface area contributed by atoms with Crippen LogP contribution in [0.25, 0.3) is 0 Å². The number of hydrogen-bond donors (Lipinski definition) is 1. The number of ether oxygens (including phenoxy) is 1. The quantitative estimate of drug-likeness (QED) is 0.743. The summed E-state index contributed by atoms with van der Waals surface area (Å²) in [5.74, 6) is 0.843. The third kappa shape index (κ3) is 4.51. The van der Waals surface area contributed by atoms with Gasteiger partial charge in [0.2, 0.25) is 0 Å². The van der Waals surface area contributed by atoms with Gasteiger partial charge >= 0.3 is 0 Å². The van der Waals surface area contributed by atoms with Crippen molar-refractivity contribution in [3.63, 3.8) is 0 Å². The van der Waals surface area contributed by atoms with E-state index < -0.39 is 6.10 Å². The van der Waals surface area contributed by atoms with Crippen LogP contribution in [0.4, 0.5) is 5.69 Å². The third-order valence-corrected chi connectivity index (χ3v) is 4.34. The highest BCUT2D eigenvalue weighted by molar-refractivity contribution is 6.31. The molecule has 0 saturated carbocycles. The summed E-state index contributed by atoms with van der Waals surface area (Å²) in [6.07, 6.45) is 0.0305. The summed E-state index contributed by atoms with van der Waals surface area (Å²) in [7, 11) is 0. The van der Waals surface area contributed by atoms with Crippen molar-refractivity contribution in [1.29, 1.82) is 0 Å².